The van der Waals surface area contributed by atoms with Crippen LogP contribution < -0.4 is 4.94 Å². The molecule has 4 nitrogen and oxygen atoms in total. The number of rotatable bonds is 5. The Labute approximate surface area is 150 Å². The second kappa shape index (κ2) is 8.15. The van der Waals surface area contributed by atoms with E-state index in [2.05, 4.69) is 4.94 Å². The van der Waals surface area contributed by atoms with Gasteiger partial charge in [-0.1, -0.05) is 35.9 Å². The third-order valence-electron chi connectivity index (χ3n) is 4.43. The molecule has 3 atom stereocenters. The van der Waals surface area contributed by atoms with E-state index in [1.54, 1.807) is 24.3 Å². The van der Waals surface area contributed by atoms with Crippen molar-refractivity contribution in [1.82, 2.24) is 0 Å². The van der Waals surface area contributed by atoms with Crippen LogP contribution in [-0.2, 0) is 11.2 Å². The van der Waals surface area contributed by atoms with Crippen LogP contribution in [0, 0.1) is 0 Å². The average molecular weight is 367 g/mol. The van der Waals surface area contributed by atoms with Gasteiger partial charge < -0.3 is 14.9 Å². The fraction of sp³-hybridized carbons (Fsp3) is 0.368. The Bertz CT molecular complexity index is 707. The van der Waals surface area contributed by atoms with Gasteiger partial charge in [0, 0.05) is 22.4 Å². The third-order valence-corrected chi connectivity index (χ3v) is 4.80. The van der Waals surface area contributed by atoms with Crippen LogP contribution in [0.3, 0.4) is 0 Å². The summed E-state index contributed by atoms with van der Waals surface area (Å²) in [4.78, 5) is 3.69. The quantitative estimate of drug-likeness (QED) is 0.845. The van der Waals surface area contributed by atoms with Gasteiger partial charge in [0.15, 0.2) is 5.75 Å². The number of ether oxygens (including phenoxy) is 1. The van der Waals surface area contributed by atoms with Crippen molar-refractivity contribution < 1.29 is 24.4 Å². The highest BCUT2D eigenvalue weighted by Gasteiger charge is 2.29. The van der Waals surface area contributed by atoms with Gasteiger partial charge in [-0.25, -0.2) is 0 Å². The van der Waals surface area contributed by atoms with Crippen molar-refractivity contribution in [3.05, 3.63) is 64.2 Å². The van der Waals surface area contributed by atoms with Crippen molar-refractivity contribution in [2.45, 2.75) is 37.6 Å². The predicted molar refractivity (Wildman–Crippen MR) is 92.4 cm³/mol. The Hall–Kier alpha value is -1.66. The van der Waals surface area contributed by atoms with Crippen molar-refractivity contribution in [2.24, 2.45) is 0 Å². The number of hydrogen-bond acceptors (Lipinski definition) is 4. The predicted octanol–water partition coefficient (Wildman–Crippen LogP) is 3.77. The zero-order valence-corrected chi connectivity index (χ0v) is 14.3. The molecule has 25 heavy (non-hydrogen) atoms. The van der Waals surface area contributed by atoms with Gasteiger partial charge in [0.2, 0.25) is 0 Å². The summed E-state index contributed by atoms with van der Waals surface area (Å²) in [5, 5.41) is 19.9. The minimum Gasteiger partial charge on any atom is -0.394 e. The van der Waals surface area contributed by atoms with Crippen molar-refractivity contribution in [3.63, 3.8) is 0 Å². The van der Waals surface area contributed by atoms with Gasteiger partial charge in [0.25, 0.3) is 0 Å². The first-order valence-corrected chi connectivity index (χ1v) is 8.57. The molecule has 0 radical (unpaired) electrons. The van der Waals surface area contributed by atoms with Crippen LogP contribution in [0.4, 0.5) is 4.53 Å². The molecule has 0 aliphatic carbocycles. The van der Waals surface area contributed by atoms with E-state index in [-0.39, 0.29) is 24.6 Å². The Balaban J connectivity index is 1.79. The summed E-state index contributed by atoms with van der Waals surface area (Å²) in [6, 6.07) is 12.3. The van der Waals surface area contributed by atoms with Crippen molar-refractivity contribution in [3.8, 4) is 5.75 Å². The Morgan fingerprint density at radius 2 is 1.92 bits per heavy atom. The molecule has 6 heteroatoms. The van der Waals surface area contributed by atoms with Crippen LogP contribution in [0.15, 0.2) is 42.5 Å². The van der Waals surface area contributed by atoms with Gasteiger partial charge in [-0.3, -0.25) is 4.94 Å². The minimum absolute atomic E-state index is 0.114. The third kappa shape index (κ3) is 4.50. The summed E-state index contributed by atoms with van der Waals surface area (Å²) in [5.74, 6) is 0.156. The van der Waals surface area contributed by atoms with E-state index in [0.29, 0.717) is 24.3 Å². The first kappa shape index (κ1) is 18.1. The SMILES string of the molecule is OCC1CC(O)CC(c2ccc(Cl)c(Cc3ccc(OF)cc3)c2)O1. The van der Waals surface area contributed by atoms with Gasteiger partial charge in [-0.2, -0.15) is 0 Å². The van der Waals surface area contributed by atoms with E-state index in [4.69, 9.17) is 16.3 Å². The monoisotopic (exact) mass is 366 g/mol. The van der Waals surface area contributed by atoms with E-state index in [0.717, 1.165) is 16.7 Å². The van der Waals surface area contributed by atoms with Gasteiger partial charge in [-0.15, -0.1) is 0 Å². The maximum atomic E-state index is 12.1. The van der Waals surface area contributed by atoms with Crippen molar-refractivity contribution in [1.29, 1.82) is 0 Å². The van der Waals surface area contributed by atoms with E-state index in [1.807, 2.05) is 18.2 Å². The van der Waals surface area contributed by atoms with Gasteiger partial charge in [0.05, 0.1) is 24.9 Å². The molecule has 0 saturated carbocycles. The van der Waals surface area contributed by atoms with Crippen LogP contribution in [0.1, 0.15) is 35.6 Å². The second-order valence-electron chi connectivity index (χ2n) is 6.30. The first-order chi connectivity index (χ1) is 12.1. The topological polar surface area (TPSA) is 58.9 Å². The Kier molecular flexibility index (Phi) is 5.91. The van der Waals surface area contributed by atoms with Crippen molar-refractivity contribution in [2.75, 3.05) is 6.61 Å². The molecule has 2 N–H and O–H groups in total. The molecule has 1 saturated heterocycles. The van der Waals surface area contributed by atoms with Crippen molar-refractivity contribution >= 4 is 11.6 Å². The molecule has 3 rings (SSSR count). The molecule has 1 aliphatic heterocycles. The molecule has 2 aromatic carbocycles. The maximum Gasteiger partial charge on any atom is 0.171 e. The molecule has 0 bridgehead atoms. The normalized spacial score (nSPS) is 23.4. The highest BCUT2D eigenvalue weighted by Crippen LogP contribution is 2.33. The van der Waals surface area contributed by atoms with E-state index in [9.17, 15) is 14.7 Å². The lowest BCUT2D eigenvalue weighted by Crippen LogP contribution is -2.33. The zero-order valence-electron chi connectivity index (χ0n) is 13.6. The second-order valence-corrected chi connectivity index (χ2v) is 6.71. The maximum absolute atomic E-state index is 12.1. The van der Waals surface area contributed by atoms with Crippen LogP contribution in [0.25, 0.3) is 0 Å². The number of benzene rings is 2. The summed E-state index contributed by atoms with van der Waals surface area (Å²) in [7, 11) is 0. The highest BCUT2D eigenvalue weighted by atomic mass is 35.5. The number of aliphatic hydroxyl groups excluding tert-OH is 2. The number of aliphatic hydroxyl groups is 2. The standard InChI is InChI=1S/C19H20ClFO4/c20-18-6-3-13(19-10-15(23)9-17(11-22)24-19)8-14(18)7-12-1-4-16(25-21)5-2-12/h1-6,8,15,17,19,22-23H,7,9-11H2. The lowest BCUT2D eigenvalue weighted by atomic mass is 9.94. The fourth-order valence-electron chi connectivity index (χ4n) is 3.13. The minimum atomic E-state index is -0.497. The Morgan fingerprint density at radius 3 is 2.60 bits per heavy atom. The van der Waals surface area contributed by atoms with Crippen LogP contribution in [0.5, 0.6) is 5.75 Å². The summed E-state index contributed by atoms with van der Waals surface area (Å²) in [6.07, 6.45) is 0.373. The lowest BCUT2D eigenvalue weighted by Gasteiger charge is -2.32. The molecule has 134 valence electrons. The smallest absolute Gasteiger partial charge is 0.171 e. The summed E-state index contributed by atoms with van der Waals surface area (Å²) < 4.78 is 18.0. The fourth-order valence-corrected chi connectivity index (χ4v) is 3.32. The molecular weight excluding hydrogens is 347 g/mol. The molecule has 1 heterocycles. The average Bonchev–Trinajstić information content (AvgIpc) is 2.63. The van der Waals surface area contributed by atoms with Gasteiger partial charge >= 0.3 is 0 Å². The van der Waals surface area contributed by atoms with E-state index in [1.165, 1.54) is 0 Å². The summed E-state index contributed by atoms with van der Waals surface area (Å²) in [5.41, 5.74) is 2.80. The molecule has 2 aromatic rings. The zero-order chi connectivity index (χ0) is 17.8. The van der Waals surface area contributed by atoms with Gasteiger partial charge in [-0.05, 0) is 41.3 Å². The van der Waals surface area contributed by atoms with Gasteiger partial charge in [0.1, 0.15) is 0 Å². The molecule has 3 unspecified atom stereocenters. The number of hydrogen-bond donors (Lipinski definition) is 2. The van der Waals surface area contributed by atoms with Crippen LogP contribution in [0.2, 0.25) is 5.02 Å². The number of halogens is 2. The summed E-state index contributed by atoms with van der Waals surface area (Å²) >= 11 is 6.31. The van der Waals surface area contributed by atoms with Crippen LogP contribution in [-0.4, -0.2) is 29.0 Å². The largest absolute Gasteiger partial charge is 0.394 e. The van der Waals surface area contributed by atoms with Crippen LogP contribution >= 0.6 is 11.6 Å². The molecular formula is C19H20ClFO4. The first-order valence-electron chi connectivity index (χ1n) is 8.19. The highest BCUT2D eigenvalue weighted by molar-refractivity contribution is 6.31. The molecule has 0 spiro atoms. The molecule has 1 fully saturated rings. The molecule has 0 amide bonds. The lowest BCUT2D eigenvalue weighted by molar-refractivity contribution is -0.113. The molecule has 0 aromatic heterocycles. The molecule has 1 aliphatic rings. The Morgan fingerprint density at radius 1 is 1.16 bits per heavy atom. The van der Waals surface area contributed by atoms with E-state index >= 15 is 0 Å². The summed E-state index contributed by atoms with van der Waals surface area (Å²) in [6.45, 7) is -0.114. The van der Waals surface area contributed by atoms with E-state index < -0.39 is 6.10 Å².